The van der Waals surface area contributed by atoms with E-state index in [1.807, 2.05) is 0 Å². The van der Waals surface area contributed by atoms with Gasteiger partial charge in [-0.05, 0) is 38.1 Å². The van der Waals surface area contributed by atoms with E-state index < -0.39 is 17.7 Å². The van der Waals surface area contributed by atoms with Crippen molar-refractivity contribution in [3.05, 3.63) is 30.2 Å². The van der Waals surface area contributed by atoms with Crippen LogP contribution in [0.15, 0.2) is 24.5 Å². The number of carbonyl (C=O) groups excluding carboxylic acids is 2. The van der Waals surface area contributed by atoms with Crippen LogP contribution in [0.2, 0.25) is 0 Å². The molecule has 1 N–H and O–H groups in total. The highest BCUT2D eigenvalue weighted by molar-refractivity contribution is 5.97. The largest absolute Gasteiger partial charge is 0.492 e. The number of amides is 1. The van der Waals surface area contributed by atoms with E-state index >= 15 is 0 Å². The Morgan fingerprint density at radius 2 is 2.00 bits per heavy atom. The molecule has 0 unspecified atom stereocenters. The smallest absolute Gasteiger partial charge is 0.412 e. The summed E-state index contributed by atoms with van der Waals surface area (Å²) >= 11 is 0. The Kier molecular flexibility index (Phi) is 4.91. The minimum absolute atomic E-state index is 0.0705. The molecule has 0 atom stereocenters. The van der Waals surface area contributed by atoms with Gasteiger partial charge in [-0.15, -0.1) is 5.10 Å². The van der Waals surface area contributed by atoms with Crippen LogP contribution in [0.25, 0.3) is 11.2 Å². The number of anilines is 1. The first-order valence-electron chi connectivity index (χ1n) is 8.32. The second-order valence-electron chi connectivity index (χ2n) is 6.85. The summed E-state index contributed by atoms with van der Waals surface area (Å²) < 4.78 is 12.0. The molecule has 0 aromatic carbocycles. The van der Waals surface area contributed by atoms with Crippen molar-refractivity contribution < 1.29 is 23.9 Å². The Hall–Kier alpha value is -3.63. The van der Waals surface area contributed by atoms with E-state index in [0.29, 0.717) is 11.2 Å². The third-order valence-electron chi connectivity index (χ3n) is 3.53. The van der Waals surface area contributed by atoms with Crippen molar-refractivity contribution in [1.29, 1.82) is 0 Å². The molecule has 28 heavy (non-hydrogen) atoms. The number of nitrogens with zero attached hydrogens (tertiary/aromatic N) is 5. The monoisotopic (exact) mass is 388 g/mol. The Morgan fingerprint density at radius 1 is 1.25 bits per heavy atom. The Balaban J connectivity index is 1.86. The zero-order chi connectivity index (χ0) is 20.5. The standard InChI is InChI=1S/C17H20N6O5/c1-17(2,3)27-16(25)19-10-9-22(4)12(13(10)26-5)15(24)28-23-11-7-6-8-18-14(11)20-21-23/h6-9H,1-5H3,(H,19,25). The first-order valence-corrected chi connectivity index (χ1v) is 8.32. The summed E-state index contributed by atoms with van der Waals surface area (Å²) in [6.45, 7) is 5.23. The van der Waals surface area contributed by atoms with Gasteiger partial charge in [-0.1, -0.05) is 4.85 Å². The fourth-order valence-corrected chi connectivity index (χ4v) is 2.49. The van der Waals surface area contributed by atoms with Crippen LogP contribution >= 0.6 is 0 Å². The maximum Gasteiger partial charge on any atom is 0.412 e. The molecule has 0 fully saturated rings. The first-order chi connectivity index (χ1) is 13.2. The molecule has 11 heteroatoms. The summed E-state index contributed by atoms with van der Waals surface area (Å²) in [5, 5.41) is 10.1. The number of pyridine rings is 1. The fourth-order valence-electron chi connectivity index (χ4n) is 2.49. The van der Waals surface area contributed by atoms with Crippen molar-refractivity contribution in [1.82, 2.24) is 24.7 Å². The molecule has 148 valence electrons. The highest BCUT2D eigenvalue weighted by Gasteiger charge is 2.26. The minimum atomic E-state index is -0.757. The van der Waals surface area contributed by atoms with Gasteiger partial charge < -0.3 is 18.9 Å². The van der Waals surface area contributed by atoms with Crippen molar-refractivity contribution in [3.8, 4) is 5.75 Å². The van der Waals surface area contributed by atoms with E-state index in [4.69, 9.17) is 14.3 Å². The molecule has 3 aromatic heterocycles. The maximum absolute atomic E-state index is 12.7. The topological polar surface area (TPSA) is 122 Å². The first kappa shape index (κ1) is 19.1. The van der Waals surface area contributed by atoms with E-state index in [-0.39, 0.29) is 17.1 Å². The van der Waals surface area contributed by atoms with E-state index in [1.54, 1.807) is 46.1 Å². The number of carbonyl (C=O) groups is 2. The lowest BCUT2D eigenvalue weighted by Crippen LogP contribution is -2.27. The van der Waals surface area contributed by atoms with Gasteiger partial charge in [-0.25, -0.2) is 14.6 Å². The van der Waals surface area contributed by atoms with Crippen LogP contribution in [0.1, 0.15) is 31.3 Å². The maximum atomic E-state index is 12.7. The summed E-state index contributed by atoms with van der Waals surface area (Å²) in [5.41, 5.74) is 0.422. The third-order valence-corrected chi connectivity index (χ3v) is 3.53. The van der Waals surface area contributed by atoms with Crippen LogP contribution in [0.5, 0.6) is 5.75 Å². The van der Waals surface area contributed by atoms with E-state index in [0.717, 1.165) is 4.85 Å². The van der Waals surface area contributed by atoms with Crippen molar-refractivity contribution in [2.75, 3.05) is 12.4 Å². The number of nitrogens with one attached hydrogen (secondary N) is 1. The van der Waals surface area contributed by atoms with Gasteiger partial charge in [0, 0.05) is 19.4 Å². The third kappa shape index (κ3) is 3.87. The van der Waals surface area contributed by atoms with Crippen LogP contribution in [0.4, 0.5) is 10.5 Å². The molecule has 0 radical (unpaired) electrons. The average Bonchev–Trinajstić information content (AvgIpc) is 3.13. The second kappa shape index (κ2) is 7.18. The summed E-state index contributed by atoms with van der Waals surface area (Å²) in [5.74, 6) is -0.631. The van der Waals surface area contributed by atoms with Crippen molar-refractivity contribution >= 4 is 28.9 Å². The van der Waals surface area contributed by atoms with Crippen LogP contribution in [-0.4, -0.2) is 49.5 Å². The van der Waals surface area contributed by atoms with Gasteiger partial charge in [0.05, 0.1) is 7.11 Å². The Bertz CT molecular complexity index is 1030. The van der Waals surface area contributed by atoms with Gasteiger partial charge in [0.15, 0.2) is 17.0 Å². The molecule has 0 aliphatic carbocycles. The molecular formula is C17H20N6O5. The Morgan fingerprint density at radius 3 is 2.68 bits per heavy atom. The zero-order valence-corrected chi connectivity index (χ0v) is 16.1. The predicted octanol–water partition coefficient (Wildman–Crippen LogP) is 1.79. The number of hydrogen-bond acceptors (Lipinski definition) is 8. The number of aromatic nitrogens is 5. The summed E-state index contributed by atoms with van der Waals surface area (Å²) in [4.78, 5) is 35.0. The van der Waals surface area contributed by atoms with Crippen LogP contribution in [0, 0.1) is 0 Å². The molecule has 0 aliphatic heterocycles. The molecule has 3 rings (SSSR count). The summed E-state index contributed by atoms with van der Waals surface area (Å²) in [7, 11) is 2.99. The van der Waals surface area contributed by atoms with Crippen LogP contribution < -0.4 is 14.9 Å². The van der Waals surface area contributed by atoms with E-state index in [9.17, 15) is 9.59 Å². The fraction of sp³-hybridized carbons (Fsp3) is 0.353. The van der Waals surface area contributed by atoms with E-state index in [2.05, 4.69) is 20.6 Å². The van der Waals surface area contributed by atoms with Crippen molar-refractivity contribution in [2.45, 2.75) is 26.4 Å². The molecule has 11 nitrogen and oxygen atoms in total. The molecule has 3 heterocycles. The lowest BCUT2D eigenvalue weighted by Gasteiger charge is -2.19. The van der Waals surface area contributed by atoms with Gasteiger partial charge in [-0.2, -0.15) is 0 Å². The molecule has 0 saturated heterocycles. The molecule has 3 aromatic rings. The van der Waals surface area contributed by atoms with Crippen molar-refractivity contribution in [3.63, 3.8) is 0 Å². The number of rotatable bonds is 4. The molecule has 0 bridgehead atoms. The highest BCUT2D eigenvalue weighted by Crippen LogP contribution is 2.31. The van der Waals surface area contributed by atoms with E-state index in [1.165, 1.54) is 17.9 Å². The number of hydrogen-bond donors (Lipinski definition) is 1. The normalized spacial score (nSPS) is 11.3. The second-order valence-corrected chi connectivity index (χ2v) is 6.85. The van der Waals surface area contributed by atoms with Gasteiger partial charge in [0.1, 0.15) is 11.3 Å². The van der Waals surface area contributed by atoms with Gasteiger partial charge in [0.2, 0.25) is 5.65 Å². The number of fused-ring (bicyclic) bond motifs is 1. The summed E-state index contributed by atoms with van der Waals surface area (Å²) in [6.07, 6.45) is 2.39. The van der Waals surface area contributed by atoms with Gasteiger partial charge >= 0.3 is 12.1 Å². The molecule has 0 spiro atoms. The molecule has 0 aliphatic rings. The number of ether oxygens (including phenoxy) is 2. The quantitative estimate of drug-likeness (QED) is 0.671. The van der Waals surface area contributed by atoms with Gasteiger partial charge in [-0.3, -0.25) is 5.32 Å². The van der Waals surface area contributed by atoms with Crippen LogP contribution in [-0.2, 0) is 11.8 Å². The molecule has 1 amide bonds. The average molecular weight is 388 g/mol. The van der Waals surface area contributed by atoms with Gasteiger partial charge in [0.25, 0.3) is 0 Å². The lowest BCUT2D eigenvalue weighted by atomic mass is 10.2. The Labute approximate surface area is 160 Å². The molecular weight excluding hydrogens is 368 g/mol. The SMILES string of the molecule is COc1c(NC(=O)OC(C)(C)C)cn(C)c1C(=O)On1nnc2ncccc21. The predicted molar refractivity (Wildman–Crippen MR) is 98.1 cm³/mol. The highest BCUT2D eigenvalue weighted by atomic mass is 16.7. The number of methoxy groups -OCH3 is 1. The van der Waals surface area contributed by atoms with Crippen LogP contribution in [0.3, 0.4) is 0 Å². The minimum Gasteiger partial charge on any atom is -0.492 e. The lowest BCUT2D eigenvalue weighted by molar-refractivity contribution is 0.0393. The number of aryl methyl sites for hydroxylation is 1. The summed E-state index contributed by atoms with van der Waals surface area (Å²) in [6, 6.07) is 3.33. The zero-order valence-electron chi connectivity index (χ0n) is 16.1. The molecule has 0 saturated carbocycles. The van der Waals surface area contributed by atoms with Crippen molar-refractivity contribution in [2.24, 2.45) is 7.05 Å².